The van der Waals surface area contributed by atoms with Gasteiger partial charge in [0.15, 0.2) is 0 Å². The molecule has 0 fully saturated rings. The molecule has 0 aliphatic heterocycles. The van der Waals surface area contributed by atoms with E-state index >= 15 is 0 Å². The van der Waals surface area contributed by atoms with E-state index in [1.807, 2.05) is 0 Å². The fraction of sp³-hybridized carbons (Fsp3) is 0.167. The molecule has 1 heterocycles. The Morgan fingerprint density at radius 2 is 2.22 bits per heavy atom. The molecule has 18 heavy (non-hydrogen) atoms. The van der Waals surface area contributed by atoms with Gasteiger partial charge >= 0.3 is 5.97 Å². The van der Waals surface area contributed by atoms with Crippen molar-refractivity contribution in [3.05, 3.63) is 44.7 Å². The standard InChI is InChI=1S/C12H9BrFNO3/c13-7-1-2-10-8(5-7)11(16)9(6-15-10)12(17)18-4-3-14/h1-2,5-6H,3-4H2,(H,15,16)/i14-1. The monoisotopic (exact) mass is 312 g/mol. The molecule has 0 atom stereocenters. The number of alkyl halides is 1. The fourth-order valence-corrected chi connectivity index (χ4v) is 1.91. The number of pyridine rings is 1. The van der Waals surface area contributed by atoms with Crippen LogP contribution in [0.25, 0.3) is 10.9 Å². The van der Waals surface area contributed by atoms with Gasteiger partial charge in [-0.25, -0.2) is 9.18 Å². The molecule has 1 aromatic carbocycles. The van der Waals surface area contributed by atoms with Gasteiger partial charge in [-0.15, -0.1) is 0 Å². The lowest BCUT2D eigenvalue weighted by Crippen LogP contribution is -2.18. The number of aromatic amines is 1. The minimum absolute atomic E-state index is 0.131. The van der Waals surface area contributed by atoms with Crippen LogP contribution < -0.4 is 5.43 Å². The third kappa shape index (κ3) is 2.43. The highest BCUT2D eigenvalue weighted by molar-refractivity contribution is 9.10. The molecule has 2 rings (SSSR count). The average molecular weight is 313 g/mol. The molecule has 2 aromatic rings. The highest BCUT2D eigenvalue weighted by atomic mass is 79.9. The molecular formula is C12H9BrFNO3. The van der Waals surface area contributed by atoms with Crippen LogP contribution in [0.15, 0.2) is 33.7 Å². The Labute approximate surface area is 110 Å². The maximum absolute atomic E-state index is 12.0. The summed E-state index contributed by atoms with van der Waals surface area (Å²) in [5.74, 6) is -0.823. The summed E-state index contributed by atoms with van der Waals surface area (Å²) in [7, 11) is 0. The van der Waals surface area contributed by atoms with Crippen molar-refractivity contribution in [1.29, 1.82) is 0 Å². The molecule has 0 spiro atoms. The molecule has 0 bridgehead atoms. The van der Waals surface area contributed by atoms with Crippen LogP contribution in [0.5, 0.6) is 0 Å². The summed E-state index contributed by atoms with van der Waals surface area (Å²) in [6, 6.07) is 5.11. The van der Waals surface area contributed by atoms with Crippen LogP contribution in [0.4, 0.5) is 4.39 Å². The predicted octanol–water partition coefficient (Wildman–Crippen LogP) is 2.42. The van der Waals surface area contributed by atoms with Crippen LogP contribution in [0.1, 0.15) is 10.4 Å². The number of rotatable bonds is 3. The van der Waals surface area contributed by atoms with Gasteiger partial charge in [-0.05, 0) is 18.2 Å². The topological polar surface area (TPSA) is 59.2 Å². The fourth-order valence-electron chi connectivity index (χ4n) is 1.55. The molecule has 1 N–H and O–H groups in total. The largest absolute Gasteiger partial charge is 0.459 e. The zero-order chi connectivity index (χ0) is 13.1. The number of fused-ring (bicyclic) bond motifs is 1. The SMILES string of the molecule is O=C(OCC[18F])c1c[nH]c2ccc(Br)cc2c1=O. The van der Waals surface area contributed by atoms with Gasteiger partial charge in [0.25, 0.3) is 0 Å². The number of carbonyl (C=O) groups is 1. The number of esters is 1. The molecule has 0 radical (unpaired) electrons. The number of aromatic nitrogens is 1. The quantitative estimate of drug-likeness (QED) is 0.885. The molecular weight excluding hydrogens is 304 g/mol. The van der Waals surface area contributed by atoms with Gasteiger partial charge in [-0.1, -0.05) is 15.9 Å². The van der Waals surface area contributed by atoms with E-state index in [2.05, 4.69) is 25.7 Å². The zero-order valence-electron chi connectivity index (χ0n) is 9.20. The van der Waals surface area contributed by atoms with Gasteiger partial charge in [0.2, 0.25) is 5.43 Å². The van der Waals surface area contributed by atoms with Crippen molar-refractivity contribution >= 4 is 32.8 Å². The zero-order valence-corrected chi connectivity index (χ0v) is 10.8. The van der Waals surface area contributed by atoms with Crippen LogP contribution in [0.2, 0.25) is 0 Å². The number of benzene rings is 1. The van der Waals surface area contributed by atoms with Crippen LogP contribution in [0, 0.1) is 0 Å². The number of ether oxygens (including phenoxy) is 1. The molecule has 4 nitrogen and oxygen atoms in total. The third-order valence-corrected chi connectivity index (χ3v) is 2.87. The van der Waals surface area contributed by atoms with Gasteiger partial charge in [-0.3, -0.25) is 4.79 Å². The smallest absolute Gasteiger partial charge is 0.343 e. The van der Waals surface area contributed by atoms with Crippen molar-refractivity contribution in [2.45, 2.75) is 0 Å². The minimum Gasteiger partial charge on any atom is -0.459 e. The van der Waals surface area contributed by atoms with Gasteiger partial charge < -0.3 is 9.72 Å². The van der Waals surface area contributed by atoms with Gasteiger partial charge in [0.1, 0.15) is 18.8 Å². The third-order valence-electron chi connectivity index (χ3n) is 2.37. The molecule has 94 valence electrons. The number of H-pyrrole nitrogens is 1. The molecule has 0 aliphatic rings. The predicted molar refractivity (Wildman–Crippen MR) is 68.5 cm³/mol. The summed E-state index contributed by atoms with van der Waals surface area (Å²) in [5, 5.41) is 0.374. The van der Waals surface area contributed by atoms with Crippen molar-refractivity contribution in [2.24, 2.45) is 0 Å². The van der Waals surface area contributed by atoms with Crippen LogP contribution in [-0.4, -0.2) is 24.2 Å². The minimum atomic E-state index is -0.823. The Balaban J connectivity index is 2.50. The first kappa shape index (κ1) is 12.8. The van der Waals surface area contributed by atoms with Gasteiger partial charge in [0, 0.05) is 21.6 Å². The summed E-state index contributed by atoms with van der Waals surface area (Å²) >= 11 is 3.25. The van der Waals surface area contributed by atoms with Crippen molar-refractivity contribution in [1.82, 2.24) is 4.98 Å². The van der Waals surface area contributed by atoms with Crippen LogP contribution >= 0.6 is 15.9 Å². The van der Waals surface area contributed by atoms with E-state index in [1.165, 1.54) is 6.20 Å². The highest BCUT2D eigenvalue weighted by Gasteiger charge is 2.14. The van der Waals surface area contributed by atoms with E-state index in [9.17, 15) is 14.0 Å². The van der Waals surface area contributed by atoms with Gasteiger partial charge in [0.05, 0.1) is 0 Å². The summed E-state index contributed by atoms with van der Waals surface area (Å²) in [4.78, 5) is 26.4. The Kier molecular flexibility index (Phi) is 3.76. The summed E-state index contributed by atoms with van der Waals surface area (Å²) in [6.07, 6.45) is 1.28. The normalized spacial score (nSPS) is 10.6. The first-order valence-corrected chi connectivity index (χ1v) is 5.97. The summed E-state index contributed by atoms with van der Waals surface area (Å²) < 4.78 is 17.2. The summed E-state index contributed by atoms with van der Waals surface area (Å²) in [6.45, 7) is -1.13. The van der Waals surface area contributed by atoms with Crippen LogP contribution in [0.3, 0.4) is 0 Å². The first-order valence-electron chi connectivity index (χ1n) is 5.17. The number of hydrogen-bond donors (Lipinski definition) is 1. The number of hydrogen-bond acceptors (Lipinski definition) is 3. The summed E-state index contributed by atoms with van der Waals surface area (Å²) in [5.41, 5.74) is 0.0493. The number of carbonyl (C=O) groups excluding carboxylic acids is 1. The highest BCUT2D eigenvalue weighted by Crippen LogP contribution is 2.15. The Hall–Kier alpha value is -1.69. The average Bonchev–Trinajstić information content (AvgIpc) is 2.37. The molecule has 0 aliphatic carbocycles. The molecule has 0 unspecified atom stereocenters. The Morgan fingerprint density at radius 1 is 1.44 bits per heavy atom. The van der Waals surface area contributed by atoms with E-state index in [1.54, 1.807) is 18.2 Å². The van der Waals surface area contributed by atoms with Crippen molar-refractivity contribution in [3.63, 3.8) is 0 Å². The lowest BCUT2D eigenvalue weighted by atomic mass is 10.1. The Bertz CT molecular complexity index is 653. The van der Waals surface area contributed by atoms with Crippen LogP contribution in [-0.2, 0) is 4.74 Å². The molecule has 0 amide bonds. The molecule has 1 aromatic heterocycles. The molecule has 0 saturated heterocycles. The molecule has 0 saturated carbocycles. The van der Waals surface area contributed by atoms with Gasteiger partial charge in [-0.2, -0.15) is 0 Å². The maximum Gasteiger partial charge on any atom is 0.343 e. The van der Waals surface area contributed by atoms with E-state index in [0.29, 0.717) is 10.9 Å². The second-order valence-corrected chi connectivity index (χ2v) is 4.46. The Morgan fingerprint density at radius 3 is 2.94 bits per heavy atom. The second kappa shape index (κ2) is 5.30. The van der Waals surface area contributed by atoms with Crippen molar-refractivity contribution in [3.8, 4) is 0 Å². The van der Waals surface area contributed by atoms with E-state index in [-0.39, 0.29) is 12.2 Å². The lowest BCUT2D eigenvalue weighted by Gasteiger charge is -2.03. The number of nitrogens with one attached hydrogen (secondary N) is 1. The van der Waals surface area contributed by atoms with Crippen molar-refractivity contribution < 1.29 is 13.9 Å². The maximum atomic E-state index is 12.0. The second-order valence-electron chi connectivity index (χ2n) is 3.55. The first-order chi connectivity index (χ1) is 8.63. The number of halogens is 2. The van der Waals surface area contributed by atoms with Crippen molar-refractivity contribution in [2.75, 3.05) is 13.3 Å². The van der Waals surface area contributed by atoms with E-state index in [4.69, 9.17) is 0 Å². The molecule has 6 heteroatoms. The van der Waals surface area contributed by atoms with E-state index in [0.717, 1.165) is 4.47 Å². The van der Waals surface area contributed by atoms with E-state index < -0.39 is 18.1 Å². The lowest BCUT2D eigenvalue weighted by molar-refractivity contribution is 0.0479.